The van der Waals surface area contributed by atoms with Gasteiger partial charge in [-0.3, -0.25) is 4.79 Å². The molecule has 0 aliphatic carbocycles. The summed E-state index contributed by atoms with van der Waals surface area (Å²) in [4.78, 5) is 13.9. The van der Waals surface area contributed by atoms with Crippen LogP contribution in [0.25, 0.3) is 0 Å². The fraction of sp³-hybridized carbons (Fsp3) is 0.929. The van der Waals surface area contributed by atoms with Crippen LogP contribution in [0, 0.1) is 5.92 Å². The van der Waals surface area contributed by atoms with Gasteiger partial charge in [-0.2, -0.15) is 0 Å². The van der Waals surface area contributed by atoms with E-state index in [1.807, 2.05) is 25.9 Å². The van der Waals surface area contributed by atoms with E-state index in [4.69, 9.17) is 0 Å². The molecule has 0 fully saturated rings. The molecule has 18 heavy (non-hydrogen) atoms. The molecule has 0 spiro atoms. The van der Waals surface area contributed by atoms with Gasteiger partial charge in [-0.1, -0.05) is 26.7 Å². The molecule has 0 saturated carbocycles. The Morgan fingerprint density at radius 3 is 2.44 bits per heavy atom. The second kappa shape index (κ2) is 8.48. The summed E-state index contributed by atoms with van der Waals surface area (Å²) < 4.78 is 0. The highest BCUT2D eigenvalue weighted by atomic mass is 16.3. The predicted molar refractivity (Wildman–Crippen MR) is 75.5 cm³/mol. The number of nitrogens with one attached hydrogen (secondary N) is 1. The minimum Gasteiger partial charge on any atom is -0.387 e. The summed E-state index contributed by atoms with van der Waals surface area (Å²) in [5.74, 6) is 0.157. The van der Waals surface area contributed by atoms with Crippen molar-refractivity contribution in [2.75, 3.05) is 27.2 Å². The third-order valence-corrected chi connectivity index (χ3v) is 3.07. The number of carbonyl (C=O) groups is 1. The van der Waals surface area contributed by atoms with Crippen LogP contribution in [0.5, 0.6) is 0 Å². The van der Waals surface area contributed by atoms with Crippen molar-refractivity contribution in [3.8, 4) is 0 Å². The average molecular weight is 258 g/mol. The fourth-order valence-corrected chi connectivity index (χ4v) is 2.13. The van der Waals surface area contributed by atoms with Crippen molar-refractivity contribution in [1.29, 1.82) is 0 Å². The van der Waals surface area contributed by atoms with Gasteiger partial charge in [-0.25, -0.2) is 0 Å². The zero-order valence-electron chi connectivity index (χ0n) is 12.6. The van der Waals surface area contributed by atoms with E-state index in [9.17, 15) is 9.90 Å². The molecule has 0 bridgehead atoms. The molecule has 2 N–H and O–H groups in total. The van der Waals surface area contributed by atoms with E-state index in [0.717, 1.165) is 25.7 Å². The quantitative estimate of drug-likeness (QED) is 0.661. The number of aliphatic hydroxyl groups is 1. The maximum atomic E-state index is 12.0. The molecule has 0 aliphatic heterocycles. The smallest absolute Gasteiger partial charge is 0.223 e. The van der Waals surface area contributed by atoms with Gasteiger partial charge in [0.25, 0.3) is 0 Å². The van der Waals surface area contributed by atoms with Gasteiger partial charge in [-0.15, -0.1) is 0 Å². The summed E-state index contributed by atoms with van der Waals surface area (Å²) in [6.07, 6.45) is 4.00. The molecule has 0 aromatic carbocycles. The van der Waals surface area contributed by atoms with Crippen LogP contribution >= 0.6 is 0 Å². The molecule has 108 valence electrons. The Balaban J connectivity index is 4.13. The van der Waals surface area contributed by atoms with Crippen molar-refractivity contribution in [2.24, 2.45) is 5.92 Å². The van der Waals surface area contributed by atoms with Gasteiger partial charge in [0.15, 0.2) is 0 Å². The molecule has 4 heteroatoms. The van der Waals surface area contributed by atoms with E-state index in [2.05, 4.69) is 12.2 Å². The first-order chi connectivity index (χ1) is 8.32. The van der Waals surface area contributed by atoms with E-state index < -0.39 is 5.60 Å². The van der Waals surface area contributed by atoms with Crippen molar-refractivity contribution in [3.63, 3.8) is 0 Å². The van der Waals surface area contributed by atoms with Crippen molar-refractivity contribution >= 4 is 5.91 Å². The topological polar surface area (TPSA) is 52.6 Å². The van der Waals surface area contributed by atoms with Crippen molar-refractivity contribution in [1.82, 2.24) is 10.2 Å². The zero-order chi connectivity index (χ0) is 14.2. The largest absolute Gasteiger partial charge is 0.387 e. The Kier molecular flexibility index (Phi) is 8.20. The number of nitrogens with zero attached hydrogens (tertiary/aromatic N) is 1. The number of hydrogen-bond acceptors (Lipinski definition) is 3. The third-order valence-electron chi connectivity index (χ3n) is 3.07. The van der Waals surface area contributed by atoms with Crippen molar-refractivity contribution in [3.05, 3.63) is 0 Å². The number of hydrogen-bond donors (Lipinski definition) is 2. The van der Waals surface area contributed by atoms with E-state index in [-0.39, 0.29) is 11.8 Å². The van der Waals surface area contributed by atoms with Crippen LogP contribution in [0.1, 0.15) is 46.5 Å². The van der Waals surface area contributed by atoms with Crippen molar-refractivity contribution in [2.45, 2.75) is 52.1 Å². The highest BCUT2D eigenvalue weighted by Gasteiger charge is 2.24. The number of likely N-dealkylation sites (N-methyl/N-ethyl adjacent to an activating group) is 1. The van der Waals surface area contributed by atoms with Gasteiger partial charge in [0.2, 0.25) is 5.91 Å². The molecule has 1 amide bonds. The molecule has 0 aromatic heterocycles. The molecular formula is C14H30N2O2. The minimum atomic E-state index is -0.873. The van der Waals surface area contributed by atoms with E-state index in [1.165, 1.54) is 0 Å². The average Bonchev–Trinajstić information content (AvgIpc) is 2.26. The number of carbonyl (C=O) groups excluding carboxylic acids is 1. The summed E-state index contributed by atoms with van der Waals surface area (Å²) in [7, 11) is 3.82. The molecule has 0 heterocycles. The first kappa shape index (κ1) is 17.4. The molecule has 2 unspecified atom stereocenters. The summed E-state index contributed by atoms with van der Waals surface area (Å²) in [5, 5.41) is 13.0. The molecule has 0 saturated heterocycles. The van der Waals surface area contributed by atoms with Crippen LogP contribution < -0.4 is 5.32 Å². The maximum Gasteiger partial charge on any atom is 0.223 e. The van der Waals surface area contributed by atoms with Gasteiger partial charge in [-0.05, 0) is 33.9 Å². The SMILES string of the molecule is CCCCC(CC)C(=O)NCC(C)(O)CN(C)C. The molecule has 2 atom stereocenters. The van der Waals surface area contributed by atoms with Gasteiger partial charge in [0, 0.05) is 19.0 Å². The Morgan fingerprint density at radius 2 is 2.00 bits per heavy atom. The molecule has 0 aliphatic rings. The van der Waals surface area contributed by atoms with Crippen LogP contribution in [0.3, 0.4) is 0 Å². The standard InChI is InChI=1S/C14H30N2O2/c1-6-8-9-12(7-2)13(17)15-10-14(3,18)11-16(4)5/h12,18H,6-11H2,1-5H3,(H,15,17). The van der Waals surface area contributed by atoms with Crippen molar-refractivity contribution < 1.29 is 9.90 Å². The Morgan fingerprint density at radius 1 is 1.39 bits per heavy atom. The summed E-state index contributed by atoms with van der Waals surface area (Å²) in [6.45, 7) is 6.77. The first-order valence-corrected chi connectivity index (χ1v) is 6.97. The second-order valence-electron chi connectivity index (χ2n) is 5.70. The molecule has 4 nitrogen and oxygen atoms in total. The minimum absolute atomic E-state index is 0.0741. The monoisotopic (exact) mass is 258 g/mol. The lowest BCUT2D eigenvalue weighted by molar-refractivity contribution is -0.126. The number of amides is 1. The predicted octanol–water partition coefficient (Wildman–Crippen LogP) is 1.63. The first-order valence-electron chi connectivity index (χ1n) is 6.97. The second-order valence-corrected chi connectivity index (χ2v) is 5.70. The zero-order valence-corrected chi connectivity index (χ0v) is 12.6. The lowest BCUT2D eigenvalue weighted by atomic mass is 9.98. The third kappa shape index (κ3) is 7.67. The fourth-order valence-electron chi connectivity index (χ4n) is 2.13. The highest BCUT2D eigenvalue weighted by Crippen LogP contribution is 2.13. The van der Waals surface area contributed by atoms with Gasteiger partial charge >= 0.3 is 0 Å². The molecule has 0 aromatic rings. The maximum absolute atomic E-state index is 12.0. The molecule has 0 rings (SSSR count). The Bertz CT molecular complexity index is 240. The van der Waals surface area contributed by atoms with Gasteiger partial charge < -0.3 is 15.3 Å². The summed E-state index contributed by atoms with van der Waals surface area (Å²) in [6, 6.07) is 0. The van der Waals surface area contributed by atoms with Gasteiger partial charge in [0.1, 0.15) is 0 Å². The Labute approximate surface area is 112 Å². The van der Waals surface area contributed by atoms with Crippen LogP contribution in [-0.2, 0) is 4.79 Å². The van der Waals surface area contributed by atoms with Crippen LogP contribution in [0.15, 0.2) is 0 Å². The number of rotatable bonds is 9. The lowest BCUT2D eigenvalue weighted by Gasteiger charge is -2.28. The van der Waals surface area contributed by atoms with Crippen LogP contribution in [0.4, 0.5) is 0 Å². The van der Waals surface area contributed by atoms with E-state index in [0.29, 0.717) is 13.1 Å². The summed E-state index contributed by atoms with van der Waals surface area (Å²) >= 11 is 0. The summed E-state index contributed by atoms with van der Waals surface area (Å²) in [5.41, 5.74) is -0.873. The van der Waals surface area contributed by atoms with Crippen LogP contribution in [-0.4, -0.2) is 48.7 Å². The molecule has 0 radical (unpaired) electrons. The Hall–Kier alpha value is -0.610. The lowest BCUT2D eigenvalue weighted by Crippen LogP contribution is -2.48. The van der Waals surface area contributed by atoms with Crippen LogP contribution in [0.2, 0.25) is 0 Å². The van der Waals surface area contributed by atoms with E-state index in [1.54, 1.807) is 6.92 Å². The molecular weight excluding hydrogens is 228 g/mol. The highest BCUT2D eigenvalue weighted by molar-refractivity contribution is 5.78. The number of unbranched alkanes of at least 4 members (excludes halogenated alkanes) is 1. The van der Waals surface area contributed by atoms with E-state index >= 15 is 0 Å². The van der Waals surface area contributed by atoms with Gasteiger partial charge in [0.05, 0.1) is 5.60 Å². The normalized spacial score (nSPS) is 16.4.